The van der Waals surface area contributed by atoms with Gasteiger partial charge in [-0.05, 0) is 44.7 Å². The Balaban J connectivity index is 1.95. The minimum atomic E-state index is -3.97. The summed E-state index contributed by atoms with van der Waals surface area (Å²) < 4.78 is 34.1. The maximum Gasteiger partial charge on any atom is 0.264 e. The first kappa shape index (κ1) is 23.1. The van der Waals surface area contributed by atoms with Gasteiger partial charge >= 0.3 is 0 Å². The molecule has 1 saturated heterocycles. The van der Waals surface area contributed by atoms with Gasteiger partial charge < -0.3 is 14.5 Å². The molecule has 0 aliphatic carbocycles. The molecule has 8 heteroatoms. The van der Waals surface area contributed by atoms with E-state index in [4.69, 9.17) is 4.74 Å². The Morgan fingerprint density at radius 1 is 1.00 bits per heavy atom. The molecule has 0 saturated carbocycles. The number of para-hydroxylation sites is 2. The van der Waals surface area contributed by atoms with Gasteiger partial charge in [-0.3, -0.25) is 9.10 Å². The molecule has 1 fully saturated rings. The summed E-state index contributed by atoms with van der Waals surface area (Å²) in [6, 6.07) is 13.6. The third-order valence-electron chi connectivity index (χ3n) is 5.49. The highest BCUT2D eigenvalue weighted by Gasteiger charge is 2.31. The van der Waals surface area contributed by atoms with E-state index in [2.05, 4.69) is 11.8 Å². The second-order valence-electron chi connectivity index (χ2n) is 7.54. The predicted octanol–water partition coefficient (Wildman–Crippen LogP) is 2.75. The molecule has 0 bridgehead atoms. The molecule has 0 radical (unpaired) electrons. The van der Waals surface area contributed by atoms with E-state index >= 15 is 0 Å². The summed E-state index contributed by atoms with van der Waals surface area (Å²) in [6.07, 6.45) is 0. The van der Waals surface area contributed by atoms with Crippen LogP contribution < -0.4 is 9.04 Å². The maximum absolute atomic E-state index is 13.6. The van der Waals surface area contributed by atoms with Crippen molar-refractivity contribution in [1.82, 2.24) is 9.80 Å². The Labute approximate surface area is 185 Å². The third kappa shape index (κ3) is 5.37. The van der Waals surface area contributed by atoms with Gasteiger partial charge in [-0.25, -0.2) is 8.42 Å². The minimum absolute atomic E-state index is 0.146. The second kappa shape index (κ2) is 10.2. The Morgan fingerprint density at radius 2 is 1.65 bits per heavy atom. The molecule has 0 atom stereocenters. The van der Waals surface area contributed by atoms with Crippen LogP contribution in [0.1, 0.15) is 19.4 Å². The lowest BCUT2D eigenvalue weighted by Gasteiger charge is -2.35. The fourth-order valence-electron chi connectivity index (χ4n) is 3.61. The number of likely N-dealkylation sites (N-methyl/N-ethyl adjacent to an activating group) is 1. The van der Waals surface area contributed by atoms with Crippen molar-refractivity contribution in [2.45, 2.75) is 25.7 Å². The summed E-state index contributed by atoms with van der Waals surface area (Å²) in [5.74, 6) is 0.224. The second-order valence-corrected chi connectivity index (χ2v) is 9.40. The van der Waals surface area contributed by atoms with E-state index in [9.17, 15) is 13.2 Å². The monoisotopic (exact) mass is 445 g/mol. The van der Waals surface area contributed by atoms with Crippen molar-refractivity contribution in [2.24, 2.45) is 0 Å². The first-order chi connectivity index (χ1) is 14.9. The van der Waals surface area contributed by atoms with E-state index in [1.807, 2.05) is 13.8 Å². The topological polar surface area (TPSA) is 70.2 Å². The predicted molar refractivity (Wildman–Crippen MR) is 122 cm³/mol. The highest BCUT2D eigenvalue weighted by molar-refractivity contribution is 7.92. The minimum Gasteiger partial charge on any atom is -0.492 e. The number of nitrogens with zero attached hydrogens (tertiary/aromatic N) is 3. The van der Waals surface area contributed by atoms with Crippen LogP contribution >= 0.6 is 0 Å². The van der Waals surface area contributed by atoms with Crippen LogP contribution in [-0.2, 0) is 14.8 Å². The number of anilines is 1. The van der Waals surface area contributed by atoms with Crippen molar-refractivity contribution in [1.29, 1.82) is 0 Å². The fourth-order valence-corrected chi connectivity index (χ4v) is 5.04. The van der Waals surface area contributed by atoms with Crippen molar-refractivity contribution in [3.05, 3.63) is 54.1 Å². The third-order valence-corrected chi connectivity index (χ3v) is 7.27. The summed E-state index contributed by atoms with van der Waals surface area (Å²) in [6.45, 7) is 9.68. The first-order valence-electron chi connectivity index (χ1n) is 10.7. The van der Waals surface area contributed by atoms with Crippen molar-refractivity contribution in [3.63, 3.8) is 0 Å². The van der Waals surface area contributed by atoms with Crippen molar-refractivity contribution < 1.29 is 17.9 Å². The van der Waals surface area contributed by atoms with Crippen LogP contribution in [0.5, 0.6) is 5.75 Å². The molecule has 2 aromatic rings. The molecule has 0 aromatic heterocycles. The average Bonchev–Trinajstić information content (AvgIpc) is 2.78. The summed E-state index contributed by atoms with van der Waals surface area (Å²) in [4.78, 5) is 17.3. The summed E-state index contributed by atoms with van der Waals surface area (Å²) >= 11 is 0. The molecule has 1 aliphatic heterocycles. The largest absolute Gasteiger partial charge is 0.492 e. The van der Waals surface area contributed by atoms with Gasteiger partial charge in [-0.2, -0.15) is 0 Å². The number of hydrogen-bond donors (Lipinski definition) is 0. The Bertz CT molecular complexity index is 984. The number of rotatable bonds is 8. The number of piperazine rings is 1. The van der Waals surface area contributed by atoms with Crippen LogP contribution in [-0.4, -0.2) is 70.0 Å². The normalized spacial score (nSPS) is 15.0. The first-order valence-corrected chi connectivity index (χ1v) is 12.1. The van der Waals surface area contributed by atoms with Crippen molar-refractivity contribution in [2.75, 3.05) is 50.2 Å². The van der Waals surface area contributed by atoms with Crippen LogP contribution in [0.3, 0.4) is 0 Å². The number of hydrogen-bond acceptors (Lipinski definition) is 5. The molecule has 3 rings (SSSR count). The quantitative estimate of drug-likeness (QED) is 0.625. The van der Waals surface area contributed by atoms with E-state index in [0.29, 0.717) is 31.1 Å². The van der Waals surface area contributed by atoms with Crippen LogP contribution in [0.2, 0.25) is 0 Å². The van der Waals surface area contributed by atoms with Crippen LogP contribution in [0.4, 0.5) is 5.69 Å². The fraction of sp³-hybridized carbons (Fsp3) is 0.435. The van der Waals surface area contributed by atoms with Gasteiger partial charge in [-0.1, -0.05) is 36.8 Å². The van der Waals surface area contributed by atoms with Gasteiger partial charge in [0.25, 0.3) is 10.0 Å². The van der Waals surface area contributed by atoms with Crippen molar-refractivity contribution >= 4 is 21.6 Å². The van der Waals surface area contributed by atoms with Gasteiger partial charge in [0, 0.05) is 26.2 Å². The molecule has 0 unspecified atom stereocenters. The lowest BCUT2D eigenvalue weighted by molar-refractivity contribution is -0.131. The Hall–Kier alpha value is -2.58. The molecule has 1 amide bonds. The van der Waals surface area contributed by atoms with E-state index < -0.39 is 10.0 Å². The highest BCUT2D eigenvalue weighted by Crippen LogP contribution is 2.32. The van der Waals surface area contributed by atoms with E-state index in [0.717, 1.165) is 25.2 Å². The summed E-state index contributed by atoms with van der Waals surface area (Å²) in [7, 11) is -3.97. The summed E-state index contributed by atoms with van der Waals surface area (Å²) in [5, 5.41) is 0. The molecule has 1 aliphatic rings. The number of carbonyl (C=O) groups is 1. The molecule has 0 spiro atoms. The SMILES string of the molecule is CCOc1ccccc1N(CC(=O)N1CCN(CC)CC1)S(=O)(=O)c1ccc(C)cc1. The molecule has 2 aromatic carbocycles. The van der Waals surface area contributed by atoms with Gasteiger partial charge in [-0.15, -0.1) is 0 Å². The molecule has 7 nitrogen and oxygen atoms in total. The number of ether oxygens (including phenoxy) is 1. The molecular formula is C23H31N3O4S. The Kier molecular flexibility index (Phi) is 7.56. The van der Waals surface area contributed by atoms with Gasteiger partial charge in [0.05, 0.1) is 17.2 Å². The van der Waals surface area contributed by atoms with Crippen molar-refractivity contribution in [3.8, 4) is 5.75 Å². The van der Waals surface area contributed by atoms with Crippen LogP contribution in [0.15, 0.2) is 53.4 Å². The lowest BCUT2D eigenvalue weighted by atomic mass is 10.2. The lowest BCUT2D eigenvalue weighted by Crippen LogP contribution is -2.51. The zero-order chi connectivity index (χ0) is 22.4. The van der Waals surface area contributed by atoms with E-state index in [1.165, 1.54) is 4.31 Å². The number of carbonyl (C=O) groups excluding carboxylic acids is 1. The smallest absolute Gasteiger partial charge is 0.264 e. The number of amides is 1. The summed E-state index contributed by atoms with van der Waals surface area (Å²) in [5.41, 5.74) is 1.33. The molecule has 1 heterocycles. The van der Waals surface area contributed by atoms with E-state index in [-0.39, 0.29) is 17.3 Å². The molecule has 31 heavy (non-hydrogen) atoms. The maximum atomic E-state index is 13.6. The van der Waals surface area contributed by atoms with E-state index in [1.54, 1.807) is 53.4 Å². The Morgan fingerprint density at radius 3 is 2.26 bits per heavy atom. The van der Waals surface area contributed by atoms with Gasteiger partial charge in [0.2, 0.25) is 5.91 Å². The van der Waals surface area contributed by atoms with Crippen LogP contribution in [0.25, 0.3) is 0 Å². The van der Waals surface area contributed by atoms with Crippen LogP contribution in [0, 0.1) is 6.92 Å². The zero-order valence-electron chi connectivity index (χ0n) is 18.5. The molecule has 0 N–H and O–H groups in total. The standard InChI is InChI=1S/C23H31N3O4S/c1-4-24-14-16-25(17-15-24)23(27)18-26(21-8-6-7-9-22(21)30-5-2)31(28,29)20-12-10-19(3)11-13-20/h6-13H,4-5,14-18H2,1-3H3. The average molecular weight is 446 g/mol. The number of sulfonamides is 1. The number of benzene rings is 2. The van der Waals surface area contributed by atoms with Gasteiger partial charge in [0.1, 0.15) is 12.3 Å². The molecule has 168 valence electrons. The zero-order valence-corrected chi connectivity index (χ0v) is 19.3. The number of aryl methyl sites for hydroxylation is 1. The van der Waals surface area contributed by atoms with Gasteiger partial charge in [0.15, 0.2) is 0 Å². The highest BCUT2D eigenvalue weighted by atomic mass is 32.2. The molecular weight excluding hydrogens is 414 g/mol.